The maximum atomic E-state index is 4.45. The highest BCUT2D eigenvalue weighted by molar-refractivity contribution is 5.23. The third-order valence-electron chi connectivity index (χ3n) is 3.88. The molecule has 2 nitrogen and oxygen atoms in total. The molecule has 1 aromatic heterocycles. The first-order chi connectivity index (χ1) is 8.33. The van der Waals surface area contributed by atoms with E-state index < -0.39 is 0 Å². The first-order valence-corrected chi connectivity index (χ1v) is 7.01. The van der Waals surface area contributed by atoms with Crippen molar-refractivity contribution in [3.8, 4) is 0 Å². The van der Waals surface area contributed by atoms with Crippen LogP contribution in [-0.2, 0) is 5.41 Å². The topological polar surface area (TPSA) is 24.9 Å². The van der Waals surface area contributed by atoms with Gasteiger partial charge in [0, 0.05) is 17.4 Å². The Hall–Kier alpha value is -0.890. The Balaban J connectivity index is 2.95. The smallest absolute Gasteiger partial charge is 0.0372 e. The molecule has 0 bridgehead atoms. The van der Waals surface area contributed by atoms with E-state index in [1.165, 1.54) is 5.56 Å². The quantitative estimate of drug-likeness (QED) is 0.827. The second-order valence-electron chi connectivity index (χ2n) is 6.19. The molecule has 0 aromatic carbocycles. The van der Waals surface area contributed by atoms with Crippen LogP contribution in [0, 0.1) is 6.92 Å². The SMILES string of the molecule is CCNC(C)(C)CC(C)(CC)c1ccc(C)nc1. The van der Waals surface area contributed by atoms with Crippen LogP contribution < -0.4 is 5.32 Å². The predicted molar refractivity (Wildman–Crippen MR) is 79.0 cm³/mol. The lowest BCUT2D eigenvalue weighted by molar-refractivity contribution is 0.271. The summed E-state index contributed by atoms with van der Waals surface area (Å²) in [5, 5.41) is 3.57. The van der Waals surface area contributed by atoms with Gasteiger partial charge in [0.1, 0.15) is 0 Å². The lowest BCUT2D eigenvalue weighted by Gasteiger charge is -2.38. The van der Waals surface area contributed by atoms with Gasteiger partial charge in [-0.1, -0.05) is 26.8 Å². The summed E-state index contributed by atoms with van der Waals surface area (Å²) < 4.78 is 0. The van der Waals surface area contributed by atoms with Gasteiger partial charge in [0.15, 0.2) is 0 Å². The Kier molecular flexibility index (Phi) is 4.92. The number of hydrogen-bond donors (Lipinski definition) is 1. The number of nitrogens with one attached hydrogen (secondary N) is 1. The zero-order valence-electron chi connectivity index (χ0n) is 12.8. The Morgan fingerprint density at radius 3 is 2.28 bits per heavy atom. The number of pyridine rings is 1. The van der Waals surface area contributed by atoms with Gasteiger partial charge in [0.2, 0.25) is 0 Å². The number of nitrogens with zero attached hydrogens (tertiary/aromatic N) is 1. The van der Waals surface area contributed by atoms with Crippen molar-refractivity contribution in [1.29, 1.82) is 0 Å². The molecule has 0 aliphatic rings. The van der Waals surface area contributed by atoms with Crippen molar-refractivity contribution >= 4 is 0 Å². The highest BCUT2D eigenvalue weighted by atomic mass is 14.9. The summed E-state index contributed by atoms with van der Waals surface area (Å²) in [7, 11) is 0. The zero-order valence-corrected chi connectivity index (χ0v) is 12.8. The largest absolute Gasteiger partial charge is 0.312 e. The zero-order chi connectivity index (χ0) is 13.8. The molecular formula is C16H28N2. The fourth-order valence-electron chi connectivity index (χ4n) is 2.77. The van der Waals surface area contributed by atoms with Crippen LogP contribution in [0.5, 0.6) is 0 Å². The molecule has 0 fully saturated rings. The molecule has 0 aliphatic carbocycles. The summed E-state index contributed by atoms with van der Waals surface area (Å²) >= 11 is 0. The molecule has 1 atom stereocenters. The Bertz CT molecular complexity index is 367. The van der Waals surface area contributed by atoms with Gasteiger partial charge in [-0.2, -0.15) is 0 Å². The summed E-state index contributed by atoms with van der Waals surface area (Å²) in [5.41, 5.74) is 2.78. The third-order valence-corrected chi connectivity index (χ3v) is 3.88. The van der Waals surface area contributed by atoms with Crippen molar-refractivity contribution in [2.75, 3.05) is 6.54 Å². The van der Waals surface area contributed by atoms with E-state index in [4.69, 9.17) is 0 Å². The molecule has 102 valence electrons. The number of rotatable bonds is 6. The minimum Gasteiger partial charge on any atom is -0.312 e. The molecule has 0 spiro atoms. The van der Waals surface area contributed by atoms with Gasteiger partial charge in [-0.05, 0) is 57.2 Å². The maximum absolute atomic E-state index is 4.45. The Morgan fingerprint density at radius 2 is 1.83 bits per heavy atom. The lowest BCUT2D eigenvalue weighted by atomic mass is 9.72. The molecule has 1 unspecified atom stereocenters. The molecule has 1 N–H and O–H groups in total. The van der Waals surface area contributed by atoms with Crippen LogP contribution in [0.15, 0.2) is 18.3 Å². The predicted octanol–water partition coefficient (Wildman–Crippen LogP) is 3.84. The fourth-order valence-corrected chi connectivity index (χ4v) is 2.77. The van der Waals surface area contributed by atoms with E-state index in [1.54, 1.807) is 0 Å². The summed E-state index contributed by atoms with van der Waals surface area (Å²) in [4.78, 5) is 4.45. The first kappa shape index (κ1) is 15.2. The lowest BCUT2D eigenvalue weighted by Crippen LogP contribution is -2.44. The van der Waals surface area contributed by atoms with Crippen LogP contribution in [0.25, 0.3) is 0 Å². The normalized spacial score (nSPS) is 15.4. The summed E-state index contributed by atoms with van der Waals surface area (Å²) in [6, 6.07) is 4.34. The molecule has 2 heteroatoms. The van der Waals surface area contributed by atoms with Gasteiger partial charge in [-0.3, -0.25) is 4.98 Å². The van der Waals surface area contributed by atoms with Crippen LogP contribution in [0.1, 0.15) is 58.7 Å². The summed E-state index contributed by atoms with van der Waals surface area (Å²) in [6.07, 6.45) is 4.29. The number of aromatic nitrogens is 1. The van der Waals surface area contributed by atoms with Gasteiger partial charge >= 0.3 is 0 Å². The summed E-state index contributed by atoms with van der Waals surface area (Å²) in [6.45, 7) is 14.4. The monoisotopic (exact) mass is 248 g/mol. The fraction of sp³-hybridized carbons (Fsp3) is 0.688. The van der Waals surface area contributed by atoms with Crippen LogP contribution >= 0.6 is 0 Å². The molecular weight excluding hydrogens is 220 g/mol. The number of aryl methyl sites for hydroxylation is 1. The summed E-state index contributed by atoms with van der Waals surface area (Å²) in [5.74, 6) is 0. The maximum Gasteiger partial charge on any atom is 0.0372 e. The average Bonchev–Trinajstić information content (AvgIpc) is 2.28. The van der Waals surface area contributed by atoms with Gasteiger partial charge < -0.3 is 5.32 Å². The minimum absolute atomic E-state index is 0.157. The highest BCUT2D eigenvalue weighted by Gasteiger charge is 2.32. The van der Waals surface area contributed by atoms with Crippen LogP contribution in [0.4, 0.5) is 0 Å². The molecule has 0 aliphatic heterocycles. The van der Waals surface area contributed by atoms with Gasteiger partial charge in [0.05, 0.1) is 0 Å². The third kappa shape index (κ3) is 3.81. The molecule has 0 radical (unpaired) electrons. The minimum atomic E-state index is 0.157. The van der Waals surface area contributed by atoms with Gasteiger partial charge in [-0.15, -0.1) is 0 Å². The van der Waals surface area contributed by atoms with Crippen molar-refractivity contribution in [3.63, 3.8) is 0 Å². The van der Waals surface area contributed by atoms with E-state index in [9.17, 15) is 0 Å². The van der Waals surface area contributed by atoms with E-state index in [0.717, 1.165) is 25.1 Å². The molecule has 1 aromatic rings. The number of hydrogen-bond acceptors (Lipinski definition) is 2. The van der Waals surface area contributed by atoms with E-state index in [0.29, 0.717) is 0 Å². The molecule has 0 amide bonds. The average molecular weight is 248 g/mol. The van der Waals surface area contributed by atoms with Crippen molar-refractivity contribution in [2.24, 2.45) is 0 Å². The van der Waals surface area contributed by atoms with Crippen molar-refractivity contribution < 1.29 is 0 Å². The standard InChI is InChI=1S/C16H28N2/c1-7-16(6,12-15(4,5)18-8-2)14-10-9-13(3)17-11-14/h9-11,18H,7-8,12H2,1-6H3. The second-order valence-corrected chi connectivity index (χ2v) is 6.19. The van der Waals surface area contributed by atoms with Crippen LogP contribution in [0.3, 0.4) is 0 Å². The molecule has 18 heavy (non-hydrogen) atoms. The van der Waals surface area contributed by atoms with Crippen molar-refractivity contribution in [1.82, 2.24) is 10.3 Å². The second kappa shape index (κ2) is 5.83. The first-order valence-electron chi connectivity index (χ1n) is 7.01. The van der Waals surface area contributed by atoms with Gasteiger partial charge in [-0.25, -0.2) is 0 Å². The Morgan fingerprint density at radius 1 is 1.17 bits per heavy atom. The van der Waals surface area contributed by atoms with Crippen LogP contribution in [-0.4, -0.2) is 17.1 Å². The van der Waals surface area contributed by atoms with E-state index in [-0.39, 0.29) is 11.0 Å². The van der Waals surface area contributed by atoms with E-state index in [1.807, 2.05) is 13.1 Å². The van der Waals surface area contributed by atoms with Gasteiger partial charge in [0.25, 0.3) is 0 Å². The molecule has 1 rings (SSSR count). The molecule has 1 heterocycles. The van der Waals surface area contributed by atoms with E-state index in [2.05, 4.69) is 57.1 Å². The van der Waals surface area contributed by atoms with Crippen LogP contribution in [0.2, 0.25) is 0 Å². The molecule has 0 saturated carbocycles. The van der Waals surface area contributed by atoms with Crippen molar-refractivity contribution in [3.05, 3.63) is 29.6 Å². The van der Waals surface area contributed by atoms with E-state index >= 15 is 0 Å². The highest BCUT2D eigenvalue weighted by Crippen LogP contribution is 2.35. The van der Waals surface area contributed by atoms with Crippen molar-refractivity contribution in [2.45, 2.75) is 65.3 Å². The Labute approximate surface area is 112 Å². The molecule has 0 saturated heterocycles.